The predicted octanol–water partition coefficient (Wildman–Crippen LogP) is 6.24. The van der Waals surface area contributed by atoms with E-state index >= 15 is 0 Å². The molecule has 0 N–H and O–H groups in total. The van der Waals surface area contributed by atoms with Gasteiger partial charge in [0.1, 0.15) is 5.56 Å². The van der Waals surface area contributed by atoms with Crippen LogP contribution in [0.1, 0.15) is 72.1 Å². The Balaban J connectivity index is 1.78. The van der Waals surface area contributed by atoms with Crippen molar-refractivity contribution in [3.63, 3.8) is 0 Å². The molecular weight excluding hydrogens is 436 g/mol. The van der Waals surface area contributed by atoms with E-state index in [1.54, 1.807) is 10.9 Å². The van der Waals surface area contributed by atoms with E-state index in [9.17, 15) is 4.79 Å². The van der Waals surface area contributed by atoms with Gasteiger partial charge in [0.2, 0.25) is 11.7 Å². The minimum absolute atomic E-state index is 0.000226. The standard InChI is InChI=1S/C23H29ClN2O2S2/c1-4-6-10-28-22-18(14-25-26(22)5-2)21(27)17-13-15(3)16-8-7-9-23(19(16)20(17)24)29-11-12-30-23/h13-14H,4-12H2,1-3H3. The fraction of sp³-hybridized carbons (Fsp3) is 0.565. The molecule has 1 saturated heterocycles. The van der Waals surface area contributed by atoms with Crippen LogP contribution in [-0.2, 0) is 17.0 Å². The van der Waals surface area contributed by atoms with Crippen LogP contribution in [-0.4, -0.2) is 33.7 Å². The maximum absolute atomic E-state index is 13.7. The number of thioether (sulfide) groups is 2. The third-order valence-corrected chi connectivity index (χ3v) is 9.90. The molecule has 0 atom stereocenters. The number of hydrogen-bond donors (Lipinski definition) is 0. The number of aromatic nitrogens is 2. The number of carbonyl (C=O) groups is 1. The zero-order chi connectivity index (χ0) is 21.3. The van der Waals surface area contributed by atoms with E-state index in [2.05, 4.69) is 18.9 Å². The van der Waals surface area contributed by atoms with Crippen molar-refractivity contribution in [1.82, 2.24) is 9.78 Å². The highest BCUT2D eigenvalue weighted by atomic mass is 35.5. The highest BCUT2D eigenvalue weighted by molar-refractivity contribution is 8.20. The van der Waals surface area contributed by atoms with Crippen LogP contribution in [0.2, 0.25) is 5.02 Å². The summed E-state index contributed by atoms with van der Waals surface area (Å²) in [5.41, 5.74) is 4.79. The Morgan fingerprint density at radius 1 is 1.30 bits per heavy atom. The fourth-order valence-corrected chi connectivity index (χ4v) is 8.45. The van der Waals surface area contributed by atoms with E-state index in [4.69, 9.17) is 16.3 Å². The molecule has 2 aliphatic rings. The maximum atomic E-state index is 13.7. The molecule has 7 heteroatoms. The van der Waals surface area contributed by atoms with Gasteiger partial charge in [-0.2, -0.15) is 5.10 Å². The van der Waals surface area contributed by atoms with Gasteiger partial charge < -0.3 is 4.74 Å². The normalized spacial score (nSPS) is 17.3. The number of fused-ring (bicyclic) bond motifs is 2. The van der Waals surface area contributed by atoms with Crippen molar-refractivity contribution in [3.05, 3.63) is 45.1 Å². The number of carbonyl (C=O) groups excluding carboxylic acids is 1. The SMILES string of the molecule is CCCCOc1c(C(=O)c2cc(C)c3c(c2Cl)C2(CCC3)SCCS2)cnn1CC. The maximum Gasteiger partial charge on any atom is 0.223 e. The number of unbranched alkanes of at least 4 members (excludes halogenated alkanes) is 1. The van der Waals surface area contributed by atoms with Gasteiger partial charge in [0.15, 0.2) is 0 Å². The molecule has 1 aromatic heterocycles. The summed E-state index contributed by atoms with van der Waals surface area (Å²) in [5.74, 6) is 2.74. The molecule has 4 rings (SSSR count). The number of hydrogen-bond acceptors (Lipinski definition) is 5. The molecule has 1 aromatic carbocycles. The summed E-state index contributed by atoms with van der Waals surface area (Å²) in [4.78, 5) is 13.7. The summed E-state index contributed by atoms with van der Waals surface area (Å²) in [7, 11) is 0. The predicted molar refractivity (Wildman–Crippen MR) is 127 cm³/mol. The van der Waals surface area contributed by atoms with Crippen LogP contribution in [0.25, 0.3) is 0 Å². The van der Waals surface area contributed by atoms with E-state index in [0.29, 0.717) is 35.2 Å². The van der Waals surface area contributed by atoms with Crippen LogP contribution in [0.3, 0.4) is 0 Å². The second-order valence-corrected chi connectivity index (χ2v) is 11.3. The minimum Gasteiger partial charge on any atom is -0.477 e. The summed E-state index contributed by atoms with van der Waals surface area (Å²) in [6.45, 7) is 7.47. The van der Waals surface area contributed by atoms with Crippen LogP contribution >= 0.6 is 35.1 Å². The van der Waals surface area contributed by atoms with E-state index in [-0.39, 0.29) is 9.86 Å². The zero-order valence-corrected chi connectivity index (χ0v) is 20.3. The average molecular weight is 465 g/mol. The fourth-order valence-electron chi connectivity index (χ4n) is 4.45. The summed E-state index contributed by atoms with van der Waals surface area (Å²) >= 11 is 11.0. The number of rotatable bonds is 7. The minimum atomic E-state index is -0.0918. The Labute approximate surface area is 192 Å². The first-order chi connectivity index (χ1) is 14.5. The molecule has 2 aromatic rings. The van der Waals surface area contributed by atoms with Gasteiger partial charge in [-0.3, -0.25) is 4.79 Å². The third-order valence-electron chi connectivity index (χ3n) is 5.98. The number of ketones is 1. The van der Waals surface area contributed by atoms with Gasteiger partial charge in [-0.05, 0) is 56.7 Å². The lowest BCUT2D eigenvalue weighted by molar-refractivity contribution is 0.103. The Morgan fingerprint density at radius 2 is 2.07 bits per heavy atom. The van der Waals surface area contributed by atoms with Crippen molar-refractivity contribution in [2.24, 2.45) is 0 Å². The Bertz CT molecular complexity index is 951. The lowest BCUT2D eigenvalue weighted by atomic mass is 9.85. The highest BCUT2D eigenvalue weighted by Gasteiger charge is 2.44. The van der Waals surface area contributed by atoms with Crippen LogP contribution in [0.4, 0.5) is 0 Å². The molecule has 2 heterocycles. The van der Waals surface area contributed by atoms with Crippen LogP contribution in [0.5, 0.6) is 5.88 Å². The van der Waals surface area contributed by atoms with Gasteiger partial charge in [-0.1, -0.05) is 24.9 Å². The lowest BCUT2D eigenvalue weighted by Crippen LogP contribution is -2.24. The van der Waals surface area contributed by atoms with Crippen molar-refractivity contribution in [2.75, 3.05) is 18.1 Å². The highest BCUT2D eigenvalue weighted by Crippen LogP contribution is 2.60. The number of aryl methyl sites for hydroxylation is 2. The number of ether oxygens (including phenoxy) is 1. The van der Waals surface area contributed by atoms with Crippen molar-refractivity contribution < 1.29 is 9.53 Å². The summed E-state index contributed by atoms with van der Waals surface area (Å²) in [6, 6.07) is 1.98. The molecule has 30 heavy (non-hydrogen) atoms. The molecule has 162 valence electrons. The molecule has 4 nitrogen and oxygen atoms in total. The number of benzene rings is 1. The molecule has 0 amide bonds. The molecule has 0 saturated carbocycles. The molecule has 0 bridgehead atoms. The quantitative estimate of drug-likeness (QED) is 0.358. The average Bonchev–Trinajstić information content (AvgIpc) is 3.37. The lowest BCUT2D eigenvalue weighted by Gasteiger charge is -2.36. The molecule has 1 aliphatic carbocycles. The number of nitrogens with zero attached hydrogens (tertiary/aromatic N) is 2. The van der Waals surface area contributed by atoms with Gasteiger partial charge >= 0.3 is 0 Å². The largest absolute Gasteiger partial charge is 0.477 e. The molecular formula is C23H29ClN2O2S2. The van der Waals surface area contributed by atoms with Gasteiger partial charge in [-0.15, -0.1) is 23.5 Å². The second-order valence-electron chi connectivity index (χ2n) is 7.92. The Morgan fingerprint density at radius 3 is 2.77 bits per heavy atom. The Hall–Kier alpha value is -1.11. The number of halogens is 1. The first kappa shape index (κ1) is 22.1. The van der Waals surface area contributed by atoms with Gasteiger partial charge in [0.25, 0.3) is 0 Å². The topological polar surface area (TPSA) is 44.1 Å². The molecule has 1 fully saturated rings. The van der Waals surface area contributed by atoms with Crippen molar-refractivity contribution in [1.29, 1.82) is 0 Å². The van der Waals surface area contributed by atoms with Crippen LogP contribution in [0, 0.1) is 6.92 Å². The van der Waals surface area contributed by atoms with Gasteiger partial charge in [0, 0.05) is 29.2 Å². The first-order valence-corrected chi connectivity index (χ1v) is 13.2. The Kier molecular flexibility index (Phi) is 6.76. The van der Waals surface area contributed by atoms with Gasteiger partial charge in [-0.25, -0.2) is 4.68 Å². The van der Waals surface area contributed by atoms with E-state index in [1.807, 2.05) is 36.5 Å². The zero-order valence-electron chi connectivity index (χ0n) is 17.9. The van der Waals surface area contributed by atoms with Crippen LogP contribution in [0.15, 0.2) is 12.3 Å². The smallest absolute Gasteiger partial charge is 0.223 e. The molecule has 0 radical (unpaired) electrons. The second kappa shape index (κ2) is 9.17. The molecule has 0 unspecified atom stereocenters. The van der Waals surface area contributed by atoms with E-state index < -0.39 is 0 Å². The molecule has 1 spiro atoms. The van der Waals surface area contributed by atoms with E-state index in [1.165, 1.54) is 23.1 Å². The van der Waals surface area contributed by atoms with Gasteiger partial charge in [0.05, 0.1) is 21.9 Å². The summed E-state index contributed by atoms with van der Waals surface area (Å²) < 4.78 is 7.74. The third kappa shape index (κ3) is 3.80. The molecule has 1 aliphatic heterocycles. The van der Waals surface area contributed by atoms with E-state index in [0.717, 1.165) is 37.2 Å². The van der Waals surface area contributed by atoms with Crippen LogP contribution < -0.4 is 4.74 Å². The van der Waals surface area contributed by atoms with Crippen molar-refractivity contribution in [2.45, 2.75) is 63.5 Å². The summed E-state index contributed by atoms with van der Waals surface area (Å²) in [6.07, 6.45) is 6.95. The summed E-state index contributed by atoms with van der Waals surface area (Å²) in [5, 5.41) is 5.02. The van der Waals surface area contributed by atoms with Crippen molar-refractivity contribution in [3.8, 4) is 5.88 Å². The monoisotopic (exact) mass is 464 g/mol. The van der Waals surface area contributed by atoms with Crippen molar-refractivity contribution >= 4 is 40.9 Å². The first-order valence-electron chi connectivity index (χ1n) is 10.9.